The second kappa shape index (κ2) is 6.43. The Kier molecular flexibility index (Phi) is 7.73. The number of unbranched alkanes of at least 4 members (excludes halogenated alkanes) is 1. The number of halogens is 1. The molecule has 0 heterocycles. The number of quaternary nitrogens is 1. The quantitative estimate of drug-likeness (QED) is 0.327. The Morgan fingerprint density at radius 3 is 2.08 bits per heavy atom. The molecule has 0 rings (SSSR count). The van der Waals surface area contributed by atoms with Crippen molar-refractivity contribution in [3.63, 3.8) is 0 Å². The van der Waals surface area contributed by atoms with Crippen LogP contribution in [0, 0.1) is 5.41 Å². The lowest BCUT2D eigenvalue weighted by molar-refractivity contribution is -0.870. The van der Waals surface area contributed by atoms with Gasteiger partial charge in [-0.05, 0) is 25.2 Å². The van der Waals surface area contributed by atoms with Crippen molar-refractivity contribution < 1.29 is 9.59 Å². The Bertz CT molecular complexity index is 132. The van der Waals surface area contributed by atoms with E-state index < -0.39 is 5.90 Å². The summed E-state index contributed by atoms with van der Waals surface area (Å²) in [6.07, 6.45) is 2.31. The van der Waals surface area contributed by atoms with Crippen molar-refractivity contribution in [1.29, 1.82) is 5.41 Å². The van der Waals surface area contributed by atoms with Gasteiger partial charge in [-0.25, -0.2) is 0 Å². The first-order valence-electron chi connectivity index (χ1n) is 3.97. The normalized spacial score (nSPS) is 10.6. The van der Waals surface area contributed by atoms with Crippen LogP contribution in [-0.4, -0.2) is 38.1 Å². The van der Waals surface area contributed by atoms with E-state index in [1.54, 1.807) is 0 Å². The van der Waals surface area contributed by atoms with Crippen molar-refractivity contribution in [3.05, 3.63) is 0 Å². The van der Waals surface area contributed by atoms with Crippen LogP contribution >= 0.6 is 17.0 Å². The van der Waals surface area contributed by atoms with Crippen LogP contribution in [0.3, 0.4) is 0 Å². The number of nitrogens with zero attached hydrogens (tertiary/aromatic N) is 1. The lowest BCUT2D eigenvalue weighted by Crippen LogP contribution is -2.35. The van der Waals surface area contributed by atoms with Crippen LogP contribution in [0.4, 0.5) is 0 Å². The highest BCUT2D eigenvalue weighted by Gasteiger charge is 2.04. The van der Waals surface area contributed by atoms with E-state index in [9.17, 15) is 5.11 Å². The molecule has 0 amide bonds. The van der Waals surface area contributed by atoms with Crippen LogP contribution in [0.5, 0.6) is 0 Å². The van der Waals surface area contributed by atoms with E-state index in [-0.39, 0.29) is 17.0 Å². The molecule has 0 bridgehead atoms. The number of rotatable bonds is 5. The fourth-order valence-corrected chi connectivity index (χ4v) is 0.872. The Morgan fingerprint density at radius 1 is 1.25 bits per heavy atom. The van der Waals surface area contributed by atoms with Crippen LogP contribution in [0.1, 0.15) is 19.3 Å². The average Bonchev–Trinajstić information content (AvgIpc) is 1.78. The highest BCUT2D eigenvalue weighted by Crippen LogP contribution is 1.99. The molecule has 0 saturated heterocycles. The van der Waals surface area contributed by atoms with Crippen molar-refractivity contribution in [3.8, 4) is 0 Å². The molecule has 0 fully saturated rings. The minimum Gasteiger partial charge on any atom is -0.862 e. The highest BCUT2D eigenvalue weighted by atomic mass is 79.9. The largest absolute Gasteiger partial charge is 0.862 e. The van der Waals surface area contributed by atoms with E-state index in [1.807, 2.05) is 0 Å². The van der Waals surface area contributed by atoms with Crippen molar-refractivity contribution in [2.24, 2.45) is 0 Å². The van der Waals surface area contributed by atoms with Gasteiger partial charge in [0.05, 0.1) is 27.7 Å². The molecule has 3 nitrogen and oxygen atoms in total. The second-order valence-corrected chi connectivity index (χ2v) is 3.89. The van der Waals surface area contributed by atoms with Gasteiger partial charge in [-0.15, -0.1) is 17.0 Å². The van der Waals surface area contributed by atoms with Gasteiger partial charge in [-0.1, -0.05) is 0 Å². The third-order valence-electron chi connectivity index (χ3n) is 1.48. The number of hydrogen-bond acceptors (Lipinski definition) is 2. The zero-order valence-corrected chi connectivity index (χ0v) is 9.81. The Hall–Kier alpha value is -0.0900. The maximum absolute atomic E-state index is 10.2. The average molecular weight is 239 g/mol. The summed E-state index contributed by atoms with van der Waals surface area (Å²) >= 11 is 0. The maximum atomic E-state index is 10.2. The Labute approximate surface area is 85.3 Å². The van der Waals surface area contributed by atoms with E-state index in [1.165, 1.54) is 0 Å². The number of nitrogens with one attached hydrogen (secondary N) is 1. The molecule has 0 spiro atoms. The van der Waals surface area contributed by atoms with E-state index in [2.05, 4.69) is 21.1 Å². The minimum absolute atomic E-state index is 0. The molecule has 4 heteroatoms. The van der Waals surface area contributed by atoms with E-state index >= 15 is 0 Å². The van der Waals surface area contributed by atoms with Gasteiger partial charge in [0.1, 0.15) is 0 Å². The second-order valence-electron chi connectivity index (χ2n) is 3.89. The van der Waals surface area contributed by atoms with Crippen LogP contribution in [0.25, 0.3) is 0 Å². The SMILES string of the molecule is Br.C[N+](C)(C)CCCCC(=N)[O-]. The van der Waals surface area contributed by atoms with Crippen molar-refractivity contribution in [2.75, 3.05) is 27.7 Å². The predicted octanol–water partition coefficient (Wildman–Crippen LogP) is 0.778. The fourth-order valence-electron chi connectivity index (χ4n) is 0.872. The zero-order valence-electron chi connectivity index (χ0n) is 8.09. The molecular formula is C8H19BrN2O. The molecule has 0 aliphatic heterocycles. The van der Waals surface area contributed by atoms with Crippen LogP contribution in [0.15, 0.2) is 0 Å². The first-order chi connectivity index (χ1) is 4.92. The summed E-state index contributed by atoms with van der Waals surface area (Å²) in [6, 6.07) is 0. The fraction of sp³-hybridized carbons (Fsp3) is 0.875. The van der Waals surface area contributed by atoms with Gasteiger partial charge in [-0.3, -0.25) is 0 Å². The summed E-state index contributed by atoms with van der Waals surface area (Å²) in [7, 11) is 6.38. The van der Waals surface area contributed by atoms with Gasteiger partial charge < -0.3 is 15.0 Å². The lowest BCUT2D eigenvalue weighted by atomic mass is 10.2. The molecule has 0 aliphatic carbocycles. The van der Waals surface area contributed by atoms with Crippen molar-refractivity contribution in [2.45, 2.75) is 19.3 Å². The topological polar surface area (TPSA) is 46.9 Å². The predicted molar refractivity (Wildman–Crippen MR) is 54.8 cm³/mol. The summed E-state index contributed by atoms with van der Waals surface area (Å²) in [5, 5.41) is 16.9. The van der Waals surface area contributed by atoms with Crippen LogP contribution < -0.4 is 5.11 Å². The Balaban J connectivity index is 0. The van der Waals surface area contributed by atoms with Gasteiger partial charge in [0.15, 0.2) is 0 Å². The van der Waals surface area contributed by atoms with E-state index in [0.717, 1.165) is 23.9 Å². The third kappa shape index (κ3) is 12.6. The van der Waals surface area contributed by atoms with Gasteiger partial charge >= 0.3 is 0 Å². The summed E-state index contributed by atoms with van der Waals surface area (Å²) < 4.78 is 0.937. The first kappa shape index (κ1) is 14.4. The molecule has 0 aliphatic rings. The molecule has 0 aromatic heterocycles. The lowest BCUT2D eigenvalue weighted by Gasteiger charge is -2.23. The molecule has 0 saturated carbocycles. The third-order valence-corrected chi connectivity index (χ3v) is 1.48. The summed E-state index contributed by atoms with van der Waals surface area (Å²) in [4.78, 5) is 0. The molecular weight excluding hydrogens is 220 g/mol. The summed E-state index contributed by atoms with van der Waals surface area (Å²) in [5.74, 6) is -0.439. The smallest absolute Gasteiger partial charge is 0.0780 e. The van der Waals surface area contributed by atoms with Gasteiger partial charge in [0.2, 0.25) is 0 Å². The van der Waals surface area contributed by atoms with E-state index in [0.29, 0.717) is 6.42 Å². The standard InChI is InChI=1S/C8H18N2O.BrH/c1-10(2,3)7-5-4-6-8(9)11;/h4-7H2,1-3H3,(H-,9,11);1H. The van der Waals surface area contributed by atoms with Crippen LogP contribution in [0.2, 0.25) is 0 Å². The zero-order chi connectivity index (χ0) is 8.91. The van der Waals surface area contributed by atoms with Gasteiger partial charge in [0, 0.05) is 0 Å². The number of hydrogen-bond donors (Lipinski definition) is 1. The summed E-state index contributed by atoms with van der Waals surface area (Å²) in [6.45, 7) is 1.08. The maximum Gasteiger partial charge on any atom is 0.0780 e. The summed E-state index contributed by atoms with van der Waals surface area (Å²) in [5.41, 5.74) is 0. The molecule has 1 N–H and O–H groups in total. The van der Waals surface area contributed by atoms with Crippen LogP contribution in [-0.2, 0) is 0 Å². The molecule has 74 valence electrons. The molecule has 12 heavy (non-hydrogen) atoms. The molecule has 0 aromatic rings. The molecule has 0 atom stereocenters. The van der Waals surface area contributed by atoms with E-state index in [4.69, 9.17) is 5.41 Å². The van der Waals surface area contributed by atoms with Crippen molar-refractivity contribution >= 4 is 22.9 Å². The molecule has 0 aromatic carbocycles. The molecule has 0 radical (unpaired) electrons. The monoisotopic (exact) mass is 238 g/mol. The highest BCUT2D eigenvalue weighted by molar-refractivity contribution is 8.93. The van der Waals surface area contributed by atoms with Gasteiger partial charge in [-0.2, -0.15) is 0 Å². The molecule has 0 unspecified atom stereocenters. The first-order valence-corrected chi connectivity index (χ1v) is 3.97. The van der Waals surface area contributed by atoms with Gasteiger partial charge in [0.25, 0.3) is 0 Å². The minimum atomic E-state index is -0.439. The Morgan fingerprint density at radius 2 is 1.75 bits per heavy atom. The van der Waals surface area contributed by atoms with Crippen molar-refractivity contribution in [1.82, 2.24) is 0 Å².